The first-order valence-corrected chi connectivity index (χ1v) is 5.37. The zero-order valence-electron chi connectivity index (χ0n) is 8.98. The van der Waals surface area contributed by atoms with Gasteiger partial charge in [0.2, 0.25) is 0 Å². The average Bonchev–Trinajstić information content (AvgIpc) is 2.77. The SMILES string of the molecule is N=C1NN=N[NH+]1N.N=C1NN=N[NH+]1N.O=S(=O)([O-])[O-]. The van der Waals surface area contributed by atoms with Gasteiger partial charge in [-0.2, -0.15) is 10.9 Å². The summed E-state index contributed by atoms with van der Waals surface area (Å²) in [4.78, 5) is 0. The number of guanidine groups is 2. The predicted octanol–water partition coefficient (Wildman–Crippen LogP) is -6.21. The van der Waals surface area contributed by atoms with Crippen LogP contribution >= 0.6 is 0 Å². The highest BCUT2D eigenvalue weighted by molar-refractivity contribution is 7.79. The van der Waals surface area contributed by atoms with Gasteiger partial charge in [0.1, 0.15) is 0 Å². The van der Waals surface area contributed by atoms with E-state index in [2.05, 4.69) is 31.7 Å². The molecule has 0 aromatic carbocycles. The fraction of sp³-hybridized carbons (Fsp3) is 0. The van der Waals surface area contributed by atoms with Gasteiger partial charge in [-0.1, -0.05) is 10.2 Å². The smallest absolute Gasteiger partial charge is 0.364 e. The minimum atomic E-state index is -5.17. The molecule has 10 N–H and O–H groups in total. The van der Waals surface area contributed by atoms with Crippen molar-refractivity contribution in [2.45, 2.75) is 0 Å². The van der Waals surface area contributed by atoms with Crippen LogP contribution in [0.3, 0.4) is 0 Å². The van der Waals surface area contributed by atoms with Crippen molar-refractivity contribution in [1.29, 1.82) is 10.8 Å². The van der Waals surface area contributed by atoms with E-state index >= 15 is 0 Å². The van der Waals surface area contributed by atoms with Gasteiger partial charge in [-0.05, 0) is 10.4 Å². The molecule has 2 unspecified atom stereocenters. The van der Waals surface area contributed by atoms with Crippen LogP contribution in [0.15, 0.2) is 20.9 Å². The molecule has 2 rings (SSSR count). The van der Waals surface area contributed by atoms with E-state index in [1.165, 1.54) is 0 Å². The van der Waals surface area contributed by atoms with Crippen LogP contribution < -0.4 is 32.8 Å². The van der Waals surface area contributed by atoms with Crippen LogP contribution in [-0.2, 0) is 10.4 Å². The van der Waals surface area contributed by atoms with Gasteiger partial charge in [-0.3, -0.25) is 8.42 Å². The monoisotopic (exact) mass is 298 g/mol. The number of quaternary nitrogens is 2. The lowest BCUT2D eigenvalue weighted by atomic mass is 11.0. The molecular formula is C2H10N12O4S. The van der Waals surface area contributed by atoms with Crippen molar-refractivity contribution in [1.82, 2.24) is 10.9 Å². The van der Waals surface area contributed by atoms with Gasteiger partial charge in [-0.25, -0.2) is 10.8 Å². The normalized spacial score (nSPS) is 23.8. The third-order valence-corrected chi connectivity index (χ3v) is 1.15. The molecule has 0 saturated heterocycles. The van der Waals surface area contributed by atoms with E-state index in [1.807, 2.05) is 0 Å². The Hall–Kier alpha value is -2.15. The molecule has 2 aliphatic heterocycles. The number of hydrogen-bond donors (Lipinski definition) is 8. The second-order valence-electron chi connectivity index (χ2n) is 2.55. The summed E-state index contributed by atoms with van der Waals surface area (Å²) in [6.07, 6.45) is 0. The summed E-state index contributed by atoms with van der Waals surface area (Å²) < 4.78 is 34.1. The second-order valence-corrected chi connectivity index (χ2v) is 3.37. The minimum absolute atomic E-state index is 0.0694. The third kappa shape index (κ3) is 9.54. The molecular weight excluding hydrogens is 288 g/mol. The first-order valence-electron chi connectivity index (χ1n) is 4.04. The van der Waals surface area contributed by atoms with Crippen molar-refractivity contribution in [3.63, 3.8) is 0 Å². The molecule has 2 aliphatic rings. The molecule has 2 atom stereocenters. The Morgan fingerprint density at radius 1 is 1.00 bits per heavy atom. The first kappa shape index (κ1) is 16.9. The van der Waals surface area contributed by atoms with E-state index in [-0.39, 0.29) is 22.2 Å². The molecule has 0 aromatic heterocycles. The first-order chi connectivity index (χ1) is 8.61. The molecule has 0 aromatic rings. The molecule has 0 amide bonds. The lowest BCUT2D eigenvalue weighted by Crippen LogP contribution is -3.15. The fourth-order valence-corrected chi connectivity index (χ4v) is 0.472. The Morgan fingerprint density at radius 3 is 1.32 bits per heavy atom. The van der Waals surface area contributed by atoms with Crippen LogP contribution in [0.2, 0.25) is 0 Å². The van der Waals surface area contributed by atoms with Gasteiger partial charge >= 0.3 is 11.9 Å². The Morgan fingerprint density at radius 2 is 1.26 bits per heavy atom. The van der Waals surface area contributed by atoms with Gasteiger partial charge in [0.05, 0.1) is 10.4 Å². The van der Waals surface area contributed by atoms with E-state index in [4.69, 9.17) is 40.0 Å². The number of nitrogens with two attached hydrogens (primary N) is 2. The summed E-state index contributed by atoms with van der Waals surface area (Å²) in [5.74, 6) is 10.2. The van der Waals surface area contributed by atoms with Crippen LogP contribution in [-0.4, -0.2) is 29.4 Å². The van der Waals surface area contributed by atoms with Crippen molar-refractivity contribution in [2.75, 3.05) is 0 Å². The van der Waals surface area contributed by atoms with Crippen molar-refractivity contribution < 1.29 is 27.8 Å². The number of rotatable bonds is 0. The Labute approximate surface area is 105 Å². The van der Waals surface area contributed by atoms with Crippen LogP contribution in [0.1, 0.15) is 0 Å². The lowest BCUT2D eigenvalue weighted by Gasteiger charge is -2.06. The van der Waals surface area contributed by atoms with Crippen molar-refractivity contribution >= 4 is 22.3 Å². The third-order valence-electron chi connectivity index (χ3n) is 1.15. The van der Waals surface area contributed by atoms with Gasteiger partial charge in [-0.15, -0.1) is 11.7 Å². The highest BCUT2D eigenvalue weighted by atomic mass is 32.3. The van der Waals surface area contributed by atoms with Gasteiger partial charge in [0.15, 0.2) is 0 Å². The lowest BCUT2D eigenvalue weighted by molar-refractivity contribution is -0.827. The second kappa shape index (κ2) is 7.32. The zero-order valence-corrected chi connectivity index (χ0v) is 9.80. The summed E-state index contributed by atoms with van der Waals surface area (Å²) in [7, 11) is -5.17. The van der Waals surface area contributed by atoms with Crippen LogP contribution in [0.25, 0.3) is 0 Å². The maximum Gasteiger partial charge on any atom is 0.364 e. The number of hydrogen-bond acceptors (Lipinski definition) is 12. The predicted molar refractivity (Wildman–Crippen MR) is 52.2 cm³/mol. The maximum atomic E-state index is 8.52. The molecule has 0 bridgehead atoms. The van der Waals surface area contributed by atoms with E-state index < -0.39 is 10.4 Å². The summed E-state index contributed by atoms with van der Waals surface area (Å²) in [6.45, 7) is 0. The standard InChI is InChI=1S/2CH4N6.H2O4S/c2*2-1-4-5-6-7(1)3;1-5(2,3)4/h2*3H2,(H2,2,4,6);(H2,1,2,3,4). The molecule has 0 aliphatic carbocycles. The highest BCUT2D eigenvalue weighted by Gasteiger charge is 2.15. The molecule has 0 saturated carbocycles. The van der Waals surface area contributed by atoms with Gasteiger partial charge < -0.3 is 9.11 Å². The van der Waals surface area contributed by atoms with Gasteiger partial charge in [0, 0.05) is 10.4 Å². The minimum Gasteiger partial charge on any atom is -0.759 e. The molecule has 17 heteroatoms. The molecule has 108 valence electrons. The van der Waals surface area contributed by atoms with E-state index in [0.29, 0.717) is 0 Å². The fourth-order valence-electron chi connectivity index (χ4n) is 0.472. The van der Waals surface area contributed by atoms with Crippen LogP contribution in [0.5, 0.6) is 0 Å². The summed E-state index contributed by atoms with van der Waals surface area (Å²) in [6, 6.07) is 0. The molecule has 16 nitrogen and oxygen atoms in total. The number of nitrogens with zero attached hydrogens (tertiary/aromatic N) is 4. The average molecular weight is 298 g/mol. The largest absolute Gasteiger partial charge is 0.759 e. The Kier molecular flexibility index (Phi) is 6.49. The topological polar surface area (TPSA) is 262 Å². The quantitative estimate of drug-likeness (QED) is 0.121. The summed E-state index contributed by atoms with van der Waals surface area (Å²) in [5, 5.41) is 26.9. The molecule has 19 heavy (non-hydrogen) atoms. The van der Waals surface area contributed by atoms with Gasteiger partial charge in [0.25, 0.3) is 0 Å². The van der Waals surface area contributed by atoms with E-state index in [9.17, 15) is 0 Å². The molecule has 0 spiro atoms. The van der Waals surface area contributed by atoms with E-state index in [1.54, 1.807) is 0 Å². The van der Waals surface area contributed by atoms with Crippen LogP contribution in [0.4, 0.5) is 0 Å². The van der Waals surface area contributed by atoms with Crippen LogP contribution in [0, 0.1) is 10.8 Å². The molecule has 2 heterocycles. The summed E-state index contributed by atoms with van der Waals surface area (Å²) in [5.41, 5.74) is 4.50. The Balaban J connectivity index is 0.000000261. The zero-order chi connectivity index (χ0) is 15.1. The number of nitrogens with one attached hydrogen (secondary N) is 6. The molecule has 0 fully saturated rings. The highest BCUT2D eigenvalue weighted by Crippen LogP contribution is 1.62. The van der Waals surface area contributed by atoms with Crippen molar-refractivity contribution in [3.8, 4) is 0 Å². The summed E-state index contributed by atoms with van der Waals surface area (Å²) >= 11 is 0. The Bertz CT molecular complexity index is 442. The van der Waals surface area contributed by atoms with Crippen molar-refractivity contribution in [3.05, 3.63) is 0 Å². The van der Waals surface area contributed by atoms with Crippen molar-refractivity contribution in [2.24, 2.45) is 32.6 Å². The molecule has 0 radical (unpaired) electrons. The maximum absolute atomic E-state index is 8.52. The van der Waals surface area contributed by atoms with E-state index in [0.717, 1.165) is 0 Å².